The van der Waals surface area contributed by atoms with Gasteiger partial charge in [0.15, 0.2) is 0 Å². The highest BCUT2D eigenvalue weighted by Gasteiger charge is 2.27. The molecule has 1 aromatic carbocycles. The van der Waals surface area contributed by atoms with Crippen LogP contribution in [-0.4, -0.2) is 45.7 Å². The fourth-order valence-corrected chi connectivity index (χ4v) is 2.68. The number of aliphatic carboxylic acids is 1. The molecule has 7 nitrogen and oxygen atoms in total. The van der Waals surface area contributed by atoms with Crippen molar-refractivity contribution in [2.75, 3.05) is 6.61 Å². The topological polar surface area (TPSA) is 105 Å². The summed E-state index contributed by atoms with van der Waals surface area (Å²) in [4.78, 5) is 35.0. The Hall–Kier alpha value is -1.68. The Morgan fingerprint density at radius 2 is 1.88 bits per heavy atom. The van der Waals surface area contributed by atoms with Crippen molar-refractivity contribution in [3.63, 3.8) is 0 Å². The molecule has 0 heterocycles. The number of hydrogen-bond donors (Lipinski definition) is 3. The fraction of sp³-hybridized carbons (Fsp3) is 0.471. The molecule has 0 aromatic heterocycles. The van der Waals surface area contributed by atoms with Gasteiger partial charge in [-0.15, -0.1) is 0 Å². The number of nitrogens with one attached hydrogen (secondary N) is 2. The molecule has 0 aliphatic heterocycles. The van der Waals surface area contributed by atoms with Crippen molar-refractivity contribution in [2.24, 2.45) is 0 Å². The highest BCUT2D eigenvalue weighted by atomic mass is 127. The van der Waals surface area contributed by atoms with Gasteiger partial charge in [-0.3, -0.25) is 19.7 Å². The van der Waals surface area contributed by atoms with Gasteiger partial charge in [0.25, 0.3) is 0 Å². The smallest absolute Gasteiger partial charge is 0.325 e. The standard InChI is InChI=1S/C17H23IN2O5/c1-3-25-17(24)13(10-9-12-7-5-4-6-8-12)20-14(18)15(21)19-11(2)16(22)23/h4-8,11,13-14,20H,3,9-10H2,1-2H3,(H,19,21)(H,22,23)/t11-,13?,14?/m0/s1. The first kappa shape index (κ1) is 21.4. The molecule has 0 aliphatic carbocycles. The number of hydrogen-bond acceptors (Lipinski definition) is 5. The molecule has 0 spiro atoms. The summed E-state index contributed by atoms with van der Waals surface area (Å²) >= 11 is 1.83. The van der Waals surface area contributed by atoms with Crippen molar-refractivity contribution < 1.29 is 24.2 Å². The zero-order valence-electron chi connectivity index (χ0n) is 14.2. The number of halogens is 1. The second-order valence-corrected chi connectivity index (χ2v) is 6.67. The second-order valence-electron chi connectivity index (χ2n) is 5.43. The largest absolute Gasteiger partial charge is 0.480 e. The van der Waals surface area contributed by atoms with E-state index in [9.17, 15) is 14.4 Å². The van der Waals surface area contributed by atoms with Gasteiger partial charge in [0, 0.05) is 0 Å². The van der Waals surface area contributed by atoms with Crippen LogP contribution in [-0.2, 0) is 25.5 Å². The lowest BCUT2D eigenvalue weighted by atomic mass is 10.1. The predicted molar refractivity (Wildman–Crippen MR) is 101 cm³/mol. The SMILES string of the molecule is CCOC(=O)C(CCc1ccccc1)NC(I)C(=O)N[C@@H](C)C(=O)O. The van der Waals surface area contributed by atoms with E-state index < -0.39 is 34.0 Å². The molecule has 1 rings (SSSR count). The van der Waals surface area contributed by atoms with Crippen LogP contribution in [0.2, 0.25) is 0 Å². The Bertz CT molecular complexity index is 582. The molecule has 1 amide bonds. The zero-order valence-corrected chi connectivity index (χ0v) is 16.4. The number of carboxylic acid groups (broad SMARTS) is 1. The van der Waals surface area contributed by atoms with E-state index >= 15 is 0 Å². The number of carbonyl (C=O) groups excluding carboxylic acids is 2. The molecule has 0 saturated heterocycles. The minimum Gasteiger partial charge on any atom is -0.480 e. The molecule has 3 atom stereocenters. The number of carboxylic acids is 1. The minimum absolute atomic E-state index is 0.247. The van der Waals surface area contributed by atoms with E-state index in [4.69, 9.17) is 9.84 Å². The number of benzene rings is 1. The Labute approximate surface area is 160 Å². The van der Waals surface area contributed by atoms with Gasteiger partial charge in [0.2, 0.25) is 5.91 Å². The molecule has 3 N–H and O–H groups in total. The Kier molecular flexibility index (Phi) is 9.43. The molecule has 0 fully saturated rings. The van der Waals surface area contributed by atoms with Gasteiger partial charge in [-0.2, -0.15) is 0 Å². The van der Waals surface area contributed by atoms with E-state index in [1.54, 1.807) is 6.92 Å². The minimum atomic E-state index is -1.12. The molecule has 25 heavy (non-hydrogen) atoms. The number of alkyl halides is 1. The van der Waals surface area contributed by atoms with Crippen LogP contribution in [0.3, 0.4) is 0 Å². The van der Waals surface area contributed by atoms with Crippen molar-refractivity contribution in [3.05, 3.63) is 35.9 Å². The Morgan fingerprint density at radius 3 is 2.44 bits per heavy atom. The Balaban J connectivity index is 2.67. The first-order chi connectivity index (χ1) is 11.8. The molecule has 138 valence electrons. The van der Waals surface area contributed by atoms with Gasteiger partial charge in [0.1, 0.15) is 16.1 Å². The Morgan fingerprint density at radius 1 is 1.24 bits per heavy atom. The normalized spacial score (nSPS) is 14.2. The molecule has 8 heteroatoms. The summed E-state index contributed by atoms with van der Waals surface area (Å²) < 4.78 is 4.30. The van der Waals surface area contributed by atoms with Crippen LogP contribution in [0.5, 0.6) is 0 Å². The predicted octanol–water partition coefficient (Wildman–Crippen LogP) is 1.49. The van der Waals surface area contributed by atoms with Crippen molar-refractivity contribution in [3.8, 4) is 0 Å². The maximum absolute atomic E-state index is 12.1. The summed E-state index contributed by atoms with van der Waals surface area (Å²) in [7, 11) is 0. The van der Waals surface area contributed by atoms with Crippen molar-refractivity contribution >= 4 is 40.4 Å². The van der Waals surface area contributed by atoms with Crippen LogP contribution >= 0.6 is 22.6 Å². The maximum Gasteiger partial charge on any atom is 0.325 e. The van der Waals surface area contributed by atoms with Crippen molar-refractivity contribution in [2.45, 2.75) is 42.8 Å². The van der Waals surface area contributed by atoms with E-state index in [0.717, 1.165) is 5.56 Å². The summed E-state index contributed by atoms with van der Waals surface area (Å²) in [6.45, 7) is 3.34. The molecule has 0 saturated carbocycles. The third-order valence-electron chi connectivity index (χ3n) is 3.44. The van der Waals surface area contributed by atoms with Gasteiger partial charge in [-0.25, -0.2) is 0 Å². The molecular weight excluding hydrogens is 439 g/mol. The van der Waals surface area contributed by atoms with Crippen LogP contribution in [0, 0.1) is 0 Å². The summed E-state index contributed by atoms with van der Waals surface area (Å²) in [6, 6.07) is 8.02. The van der Waals surface area contributed by atoms with Gasteiger partial charge in [0.05, 0.1) is 6.61 Å². The first-order valence-corrected chi connectivity index (χ1v) is 9.23. The molecule has 2 unspecified atom stereocenters. The third-order valence-corrected chi connectivity index (χ3v) is 4.37. The molecular formula is C17H23IN2O5. The number of amides is 1. The molecule has 0 aliphatic rings. The lowest BCUT2D eigenvalue weighted by molar-refractivity contribution is -0.146. The number of ether oxygens (including phenoxy) is 1. The van der Waals surface area contributed by atoms with Crippen LogP contribution in [0.4, 0.5) is 0 Å². The van der Waals surface area contributed by atoms with E-state index in [1.165, 1.54) is 6.92 Å². The summed E-state index contributed by atoms with van der Waals surface area (Å²) in [5, 5.41) is 14.1. The highest BCUT2D eigenvalue weighted by molar-refractivity contribution is 14.1. The zero-order chi connectivity index (χ0) is 18.8. The van der Waals surface area contributed by atoms with E-state index in [1.807, 2.05) is 52.9 Å². The summed E-state index contributed by atoms with van der Waals surface area (Å²) in [5.74, 6) is -2.05. The van der Waals surface area contributed by atoms with Gasteiger partial charge in [-0.05, 0) is 32.3 Å². The van der Waals surface area contributed by atoms with Gasteiger partial charge >= 0.3 is 11.9 Å². The fourth-order valence-electron chi connectivity index (χ4n) is 2.07. The van der Waals surface area contributed by atoms with Gasteiger partial charge in [-0.1, -0.05) is 52.9 Å². The molecule has 0 bridgehead atoms. The van der Waals surface area contributed by atoms with E-state index in [2.05, 4.69) is 10.6 Å². The average molecular weight is 462 g/mol. The van der Waals surface area contributed by atoms with Crippen molar-refractivity contribution in [1.82, 2.24) is 10.6 Å². The summed E-state index contributed by atoms with van der Waals surface area (Å²) in [5.41, 5.74) is 1.08. The molecule has 0 radical (unpaired) electrons. The average Bonchev–Trinajstić information content (AvgIpc) is 2.59. The monoisotopic (exact) mass is 462 g/mol. The van der Waals surface area contributed by atoms with E-state index in [0.29, 0.717) is 12.8 Å². The highest BCUT2D eigenvalue weighted by Crippen LogP contribution is 2.09. The van der Waals surface area contributed by atoms with Crippen LogP contribution in [0.15, 0.2) is 30.3 Å². The number of rotatable bonds is 10. The van der Waals surface area contributed by atoms with Crippen LogP contribution in [0.25, 0.3) is 0 Å². The second kappa shape index (κ2) is 11.0. The lowest BCUT2D eigenvalue weighted by Crippen LogP contribution is -2.51. The third kappa shape index (κ3) is 7.82. The number of aryl methyl sites for hydroxylation is 1. The van der Waals surface area contributed by atoms with Crippen LogP contribution < -0.4 is 10.6 Å². The van der Waals surface area contributed by atoms with Crippen LogP contribution in [0.1, 0.15) is 25.8 Å². The quantitative estimate of drug-likeness (QED) is 0.211. The number of esters is 1. The number of carbonyl (C=O) groups is 3. The van der Waals surface area contributed by atoms with Crippen molar-refractivity contribution in [1.29, 1.82) is 0 Å². The maximum atomic E-state index is 12.1. The van der Waals surface area contributed by atoms with E-state index in [-0.39, 0.29) is 6.61 Å². The lowest BCUT2D eigenvalue weighted by Gasteiger charge is -2.21. The van der Waals surface area contributed by atoms with Gasteiger partial charge < -0.3 is 15.2 Å². The summed E-state index contributed by atoms with van der Waals surface area (Å²) in [6.07, 6.45) is 1.11. The first-order valence-electron chi connectivity index (χ1n) is 7.99. The molecule has 1 aromatic rings.